The largest absolute Gasteiger partial charge is 0.351 e. The molecule has 1 heterocycles. The van der Waals surface area contributed by atoms with Gasteiger partial charge in [-0.05, 0) is 24.7 Å². The summed E-state index contributed by atoms with van der Waals surface area (Å²) in [4.78, 5) is 14.0. The zero-order chi connectivity index (χ0) is 13.8. The minimum atomic E-state index is -0.901. The number of halogens is 2. The fraction of sp³-hybridized carbons (Fsp3) is 0.462. The Bertz CT molecular complexity index is 467. The van der Waals surface area contributed by atoms with Crippen molar-refractivity contribution in [2.45, 2.75) is 12.6 Å². The van der Waals surface area contributed by atoms with Crippen molar-refractivity contribution in [3.8, 4) is 0 Å². The summed E-state index contributed by atoms with van der Waals surface area (Å²) in [7, 11) is 1.95. The standard InChI is InChI=1S/C13H17F2N3O/c1-18-5-4-16-12(8-18)13(19)17-7-9-2-3-10(14)11(15)6-9/h2-3,6,12,16H,4-5,7-8H2,1H3,(H,17,19). The first-order valence-electron chi connectivity index (χ1n) is 6.20. The molecule has 0 aromatic heterocycles. The third-order valence-electron chi connectivity index (χ3n) is 3.15. The number of nitrogens with one attached hydrogen (secondary N) is 2. The molecule has 1 saturated heterocycles. The van der Waals surface area contributed by atoms with Gasteiger partial charge in [-0.1, -0.05) is 6.07 Å². The highest BCUT2D eigenvalue weighted by atomic mass is 19.2. The quantitative estimate of drug-likeness (QED) is 0.839. The fourth-order valence-corrected chi connectivity index (χ4v) is 2.03. The lowest BCUT2D eigenvalue weighted by atomic mass is 10.2. The van der Waals surface area contributed by atoms with Crippen molar-refractivity contribution in [3.05, 3.63) is 35.4 Å². The van der Waals surface area contributed by atoms with E-state index in [1.165, 1.54) is 6.07 Å². The van der Waals surface area contributed by atoms with Crippen LogP contribution in [0.2, 0.25) is 0 Å². The monoisotopic (exact) mass is 269 g/mol. The minimum Gasteiger partial charge on any atom is -0.351 e. The van der Waals surface area contributed by atoms with Gasteiger partial charge in [-0.25, -0.2) is 8.78 Å². The first kappa shape index (κ1) is 13.9. The average Bonchev–Trinajstić information content (AvgIpc) is 2.40. The Morgan fingerprint density at radius 1 is 1.47 bits per heavy atom. The van der Waals surface area contributed by atoms with Crippen LogP contribution in [0.3, 0.4) is 0 Å². The molecule has 104 valence electrons. The molecule has 1 unspecified atom stereocenters. The summed E-state index contributed by atoms with van der Waals surface area (Å²) in [6, 6.07) is 3.35. The van der Waals surface area contributed by atoms with Gasteiger partial charge in [0.25, 0.3) is 0 Å². The van der Waals surface area contributed by atoms with Gasteiger partial charge in [0.2, 0.25) is 5.91 Å². The van der Waals surface area contributed by atoms with E-state index in [2.05, 4.69) is 15.5 Å². The van der Waals surface area contributed by atoms with Gasteiger partial charge in [-0.2, -0.15) is 0 Å². The van der Waals surface area contributed by atoms with E-state index in [1.807, 2.05) is 7.05 Å². The van der Waals surface area contributed by atoms with Crippen molar-refractivity contribution >= 4 is 5.91 Å². The molecule has 1 aliphatic heterocycles. The summed E-state index contributed by atoms with van der Waals surface area (Å²) >= 11 is 0. The first-order chi connectivity index (χ1) is 9.06. The van der Waals surface area contributed by atoms with Crippen LogP contribution in [0.15, 0.2) is 18.2 Å². The fourth-order valence-electron chi connectivity index (χ4n) is 2.03. The van der Waals surface area contributed by atoms with E-state index in [0.29, 0.717) is 12.1 Å². The molecule has 1 atom stereocenters. The third kappa shape index (κ3) is 3.71. The molecule has 1 fully saturated rings. The van der Waals surface area contributed by atoms with Crippen molar-refractivity contribution in [1.82, 2.24) is 15.5 Å². The highest BCUT2D eigenvalue weighted by molar-refractivity contribution is 5.82. The predicted octanol–water partition coefficient (Wildman–Crippen LogP) is 0.485. The second-order valence-corrected chi connectivity index (χ2v) is 4.74. The maximum Gasteiger partial charge on any atom is 0.238 e. The normalized spacial score (nSPS) is 20.3. The summed E-state index contributed by atoms with van der Waals surface area (Å²) in [5.41, 5.74) is 0.538. The van der Waals surface area contributed by atoms with Crippen molar-refractivity contribution in [2.75, 3.05) is 26.7 Å². The van der Waals surface area contributed by atoms with E-state index >= 15 is 0 Å². The molecule has 4 nitrogen and oxygen atoms in total. The van der Waals surface area contributed by atoms with Gasteiger partial charge in [0.1, 0.15) is 0 Å². The van der Waals surface area contributed by atoms with E-state index < -0.39 is 11.6 Å². The highest BCUT2D eigenvalue weighted by Crippen LogP contribution is 2.08. The van der Waals surface area contributed by atoms with Gasteiger partial charge >= 0.3 is 0 Å². The van der Waals surface area contributed by atoms with Crippen molar-refractivity contribution in [1.29, 1.82) is 0 Å². The summed E-state index contributed by atoms with van der Waals surface area (Å²) in [5.74, 6) is -1.91. The Balaban J connectivity index is 1.87. The number of likely N-dealkylation sites (N-methyl/N-ethyl adjacent to an activating group) is 1. The van der Waals surface area contributed by atoms with Crippen LogP contribution in [0, 0.1) is 11.6 Å². The van der Waals surface area contributed by atoms with Crippen LogP contribution < -0.4 is 10.6 Å². The second-order valence-electron chi connectivity index (χ2n) is 4.74. The molecule has 0 spiro atoms. The van der Waals surface area contributed by atoms with Crippen LogP contribution in [-0.2, 0) is 11.3 Å². The lowest BCUT2D eigenvalue weighted by Crippen LogP contribution is -2.55. The summed E-state index contributed by atoms with van der Waals surface area (Å²) in [6.45, 7) is 2.51. The first-order valence-corrected chi connectivity index (χ1v) is 6.20. The average molecular weight is 269 g/mol. The van der Waals surface area contributed by atoms with Crippen LogP contribution in [0.25, 0.3) is 0 Å². The number of piperazine rings is 1. The van der Waals surface area contributed by atoms with Crippen LogP contribution in [0.1, 0.15) is 5.56 Å². The van der Waals surface area contributed by atoms with Gasteiger partial charge in [-0.15, -0.1) is 0 Å². The molecule has 0 radical (unpaired) electrons. The Morgan fingerprint density at radius 2 is 2.26 bits per heavy atom. The number of amides is 1. The van der Waals surface area contributed by atoms with Crippen molar-refractivity contribution in [3.63, 3.8) is 0 Å². The van der Waals surface area contributed by atoms with Crippen LogP contribution >= 0.6 is 0 Å². The van der Waals surface area contributed by atoms with E-state index in [4.69, 9.17) is 0 Å². The Hall–Kier alpha value is -1.53. The molecule has 0 saturated carbocycles. The lowest BCUT2D eigenvalue weighted by molar-refractivity contribution is -0.124. The zero-order valence-corrected chi connectivity index (χ0v) is 10.7. The van der Waals surface area contributed by atoms with E-state index in [1.54, 1.807) is 0 Å². The number of benzene rings is 1. The molecule has 1 amide bonds. The SMILES string of the molecule is CN1CCNC(C(=O)NCc2ccc(F)c(F)c2)C1. The van der Waals surface area contributed by atoms with Gasteiger partial charge in [-0.3, -0.25) is 4.79 Å². The number of carbonyl (C=O) groups excluding carboxylic acids is 1. The topological polar surface area (TPSA) is 44.4 Å². The van der Waals surface area contributed by atoms with Crippen LogP contribution in [0.5, 0.6) is 0 Å². The Labute approximate surface area is 110 Å². The molecule has 2 N–H and O–H groups in total. The van der Waals surface area contributed by atoms with Crippen LogP contribution in [-0.4, -0.2) is 43.5 Å². The molecule has 0 bridgehead atoms. The van der Waals surface area contributed by atoms with Crippen molar-refractivity contribution < 1.29 is 13.6 Å². The molecule has 1 aromatic rings. The number of hydrogen-bond donors (Lipinski definition) is 2. The van der Waals surface area contributed by atoms with E-state index in [0.717, 1.165) is 25.2 Å². The second kappa shape index (κ2) is 6.08. The van der Waals surface area contributed by atoms with Gasteiger partial charge in [0, 0.05) is 26.2 Å². The van der Waals surface area contributed by atoms with Gasteiger partial charge in [0.15, 0.2) is 11.6 Å². The van der Waals surface area contributed by atoms with E-state index in [-0.39, 0.29) is 18.5 Å². The third-order valence-corrected chi connectivity index (χ3v) is 3.15. The highest BCUT2D eigenvalue weighted by Gasteiger charge is 2.22. The van der Waals surface area contributed by atoms with E-state index in [9.17, 15) is 13.6 Å². The number of nitrogens with zero attached hydrogens (tertiary/aromatic N) is 1. The van der Waals surface area contributed by atoms with Crippen molar-refractivity contribution in [2.24, 2.45) is 0 Å². The van der Waals surface area contributed by atoms with Gasteiger partial charge in [0.05, 0.1) is 6.04 Å². The molecule has 2 rings (SSSR count). The minimum absolute atomic E-state index is 0.128. The summed E-state index contributed by atoms with van der Waals surface area (Å²) in [5, 5.41) is 5.84. The predicted molar refractivity (Wildman–Crippen MR) is 67.5 cm³/mol. The summed E-state index contributed by atoms with van der Waals surface area (Å²) < 4.78 is 25.8. The zero-order valence-electron chi connectivity index (χ0n) is 10.7. The molecular formula is C13H17F2N3O. The summed E-state index contributed by atoms with van der Waals surface area (Å²) in [6.07, 6.45) is 0. The molecule has 0 aliphatic carbocycles. The number of carbonyl (C=O) groups is 1. The number of hydrogen-bond acceptors (Lipinski definition) is 3. The Kier molecular flexibility index (Phi) is 4.44. The molecule has 6 heteroatoms. The molecule has 19 heavy (non-hydrogen) atoms. The van der Waals surface area contributed by atoms with Gasteiger partial charge < -0.3 is 15.5 Å². The molecular weight excluding hydrogens is 252 g/mol. The number of rotatable bonds is 3. The maximum absolute atomic E-state index is 13.0. The maximum atomic E-state index is 13.0. The van der Waals surface area contributed by atoms with Crippen LogP contribution in [0.4, 0.5) is 8.78 Å². The molecule has 1 aliphatic rings. The lowest BCUT2D eigenvalue weighted by Gasteiger charge is -2.29. The Morgan fingerprint density at radius 3 is 2.95 bits per heavy atom. The smallest absolute Gasteiger partial charge is 0.238 e. The molecule has 1 aromatic carbocycles.